The van der Waals surface area contributed by atoms with E-state index in [-0.39, 0.29) is 24.2 Å². The van der Waals surface area contributed by atoms with Gasteiger partial charge in [0, 0.05) is 23.4 Å². The zero-order valence-corrected chi connectivity index (χ0v) is 16.1. The topological polar surface area (TPSA) is 84.5 Å². The van der Waals surface area contributed by atoms with Gasteiger partial charge in [-0.2, -0.15) is 0 Å². The number of ketones is 1. The van der Waals surface area contributed by atoms with Gasteiger partial charge in [0.2, 0.25) is 5.91 Å². The van der Waals surface area contributed by atoms with Crippen molar-refractivity contribution in [1.29, 1.82) is 0 Å². The van der Waals surface area contributed by atoms with Gasteiger partial charge in [0.25, 0.3) is 5.91 Å². The van der Waals surface area contributed by atoms with Crippen LogP contribution >= 0.6 is 11.6 Å². The summed E-state index contributed by atoms with van der Waals surface area (Å²) in [6, 6.07) is 10.2. The second kappa shape index (κ2) is 9.19. The lowest BCUT2D eigenvalue weighted by atomic mass is 9.99. The Labute approximate surface area is 162 Å². The zero-order chi connectivity index (χ0) is 20.0. The van der Waals surface area contributed by atoms with E-state index in [2.05, 4.69) is 10.9 Å². The summed E-state index contributed by atoms with van der Waals surface area (Å²) in [7, 11) is 1.42. The van der Waals surface area contributed by atoms with Gasteiger partial charge >= 0.3 is 0 Å². The van der Waals surface area contributed by atoms with Crippen LogP contribution in [0.2, 0.25) is 5.02 Å². The lowest BCUT2D eigenvalue weighted by molar-refractivity contribution is -0.121. The van der Waals surface area contributed by atoms with Crippen LogP contribution in [0.3, 0.4) is 0 Å². The maximum Gasteiger partial charge on any atom is 0.273 e. The first-order valence-electron chi connectivity index (χ1n) is 8.35. The van der Waals surface area contributed by atoms with Crippen LogP contribution in [0.15, 0.2) is 36.4 Å². The highest BCUT2D eigenvalue weighted by Gasteiger charge is 2.15. The van der Waals surface area contributed by atoms with E-state index in [4.69, 9.17) is 16.3 Å². The largest absolute Gasteiger partial charge is 0.496 e. The average Bonchev–Trinajstić information content (AvgIpc) is 2.65. The summed E-state index contributed by atoms with van der Waals surface area (Å²) in [4.78, 5) is 36.4. The van der Waals surface area contributed by atoms with Crippen LogP contribution in [0.1, 0.15) is 44.7 Å². The minimum absolute atomic E-state index is 0.0375. The van der Waals surface area contributed by atoms with Gasteiger partial charge in [-0.05, 0) is 43.7 Å². The molecular weight excluding hydrogens is 368 g/mol. The number of rotatable bonds is 6. The standard InChI is InChI=1S/C20H21ClN2O4/c1-12-4-5-13(2)16(10-12)17(24)8-9-19(25)22-23-20(26)15-7-6-14(21)11-18(15)27-3/h4-7,10-11H,8-9H2,1-3H3,(H,22,25)(H,23,26). The first-order valence-corrected chi connectivity index (χ1v) is 8.72. The minimum Gasteiger partial charge on any atom is -0.496 e. The Kier molecular flexibility index (Phi) is 6.96. The fourth-order valence-corrected chi connectivity index (χ4v) is 2.67. The van der Waals surface area contributed by atoms with Gasteiger partial charge in [0.15, 0.2) is 5.78 Å². The molecule has 2 rings (SSSR count). The number of hydrogen-bond acceptors (Lipinski definition) is 4. The molecular formula is C20H21ClN2O4. The van der Waals surface area contributed by atoms with Crippen LogP contribution in [0.25, 0.3) is 0 Å². The first kappa shape index (κ1) is 20.5. The molecule has 0 aromatic heterocycles. The Balaban J connectivity index is 1.88. The number of Topliss-reactive ketones (excluding diaryl/α,β-unsaturated/α-hetero) is 1. The third-order valence-corrected chi connectivity index (χ3v) is 4.23. The van der Waals surface area contributed by atoms with Gasteiger partial charge in [-0.1, -0.05) is 29.3 Å². The number of hydrazine groups is 1. The molecule has 0 saturated carbocycles. The van der Waals surface area contributed by atoms with Crippen LogP contribution < -0.4 is 15.6 Å². The summed E-state index contributed by atoms with van der Waals surface area (Å²) < 4.78 is 5.10. The maximum atomic E-state index is 12.3. The summed E-state index contributed by atoms with van der Waals surface area (Å²) in [5, 5.41) is 0.428. The van der Waals surface area contributed by atoms with Gasteiger partial charge < -0.3 is 4.74 Å². The van der Waals surface area contributed by atoms with E-state index in [1.807, 2.05) is 32.0 Å². The number of aryl methyl sites for hydroxylation is 2. The summed E-state index contributed by atoms with van der Waals surface area (Å²) >= 11 is 5.86. The first-order chi connectivity index (χ1) is 12.8. The van der Waals surface area contributed by atoms with E-state index in [0.29, 0.717) is 16.3 Å². The number of methoxy groups -OCH3 is 1. The molecule has 27 heavy (non-hydrogen) atoms. The predicted octanol–water partition coefficient (Wildman–Crippen LogP) is 3.39. The van der Waals surface area contributed by atoms with Gasteiger partial charge in [-0.3, -0.25) is 25.2 Å². The molecule has 7 heteroatoms. The van der Waals surface area contributed by atoms with Crippen molar-refractivity contribution in [3.05, 3.63) is 63.7 Å². The summed E-state index contributed by atoms with van der Waals surface area (Å²) in [6.45, 7) is 3.76. The molecule has 0 aliphatic carbocycles. The number of ether oxygens (including phenoxy) is 1. The van der Waals surface area contributed by atoms with E-state index in [1.54, 1.807) is 6.07 Å². The van der Waals surface area contributed by atoms with Crippen molar-refractivity contribution in [1.82, 2.24) is 10.9 Å². The third kappa shape index (κ3) is 5.56. The van der Waals surface area contributed by atoms with E-state index < -0.39 is 11.8 Å². The highest BCUT2D eigenvalue weighted by Crippen LogP contribution is 2.22. The molecule has 2 N–H and O–H groups in total. The molecule has 0 aliphatic heterocycles. The Hall–Kier alpha value is -2.86. The smallest absolute Gasteiger partial charge is 0.273 e. The molecule has 0 saturated heterocycles. The number of carbonyl (C=O) groups excluding carboxylic acids is 3. The highest BCUT2D eigenvalue weighted by molar-refractivity contribution is 6.30. The number of carbonyl (C=O) groups is 3. The van der Waals surface area contributed by atoms with Crippen LogP contribution in [0.5, 0.6) is 5.75 Å². The van der Waals surface area contributed by atoms with Crippen LogP contribution in [0.4, 0.5) is 0 Å². The quantitative estimate of drug-likeness (QED) is 0.586. The molecule has 0 atom stereocenters. The molecule has 0 heterocycles. The highest BCUT2D eigenvalue weighted by atomic mass is 35.5. The zero-order valence-electron chi connectivity index (χ0n) is 15.4. The fourth-order valence-electron chi connectivity index (χ4n) is 2.51. The molecule has 142 valence electrons. The van der Waals surface area contributed by atoms with E-state index in [1.165, 1.54) is 19.2 Å². The molecule has 0 unspecified atom stereocenters. The second-order valence-electron chi connectivity index (χ2n) is 6.09. The Bertz CT molecular complexity index is 880. The lowest BCUT2D eigenvalue weighted by Gasteiger charge is -2.11. The average molecular weight is 389 g/mol. The number of halogens is 1. The van der Waals surface area contributed by atoms with Crippen molar-refractivity contribution in [3.63, 3.8) is 0 Å². The van der Waals surface area contributed by atoms with Crippen LogP contribution in [-0.2, 0) is 4.79 Å². The van der Waals surface area contributed by atoms with Gasteiger partial charge in [0.05, 0.1) is 12.7 Å². The number of amides is 2. The van der Waals surface area contributed by atoms with Gasteiger partial charge in [-0.25, -0.2) is 0 Å². The van der Waals surface area contributed by atoms with E-state index in [9.17, 15) is 14.4 Å². The minimum atomic E-state index is -0.544. The summed E-state index contributed by atoms with van der Waals surface area (Å²) in [6.07, 6.45) is 0.0144. The summed E-state index contributed by atoms with van der Waals surface area (Å²) in [5.74, 6) is -0.830. The normalized spacial score (nSPS) is 10.2. The van der Waals surface area contributed by atoms with Gasteiger partial charge in [-0.15, -0.1) is 0 Å². The monoisotopic (exact) mass is 388 g/mol. The predicted molar refractivity (Wildman–Crippen MR) is 103 cm³/mol. The summed E-state index contributed by atoms with van der Waals surface area (Å²) in [5.41, 5.74) is 7.30. The van der Waals surface area contributed by atoms with Crippen molar-refractivity contribution in [3.8, 4) is 5.75 Å². The van der Waals surface area contributed by atoms with Gasteiger partial charge in [0.1, 0.15) is 5.75 Å². The number of benzene rings is 2. The van der Waals surface area contributed by atoms with Crippen molar-refractivity contribution >= 4 is 29.2 Å². The number of nitrogens with one attached hydrogen (secondary N) is 2. The SMILES string of the molecule is COc1cc(Cl)ccc1C(=O)NNC(=O)CCC(=O)c1cc(C)ccc1C. The van der Waals surface area contributed by atoms with Crippen molar-refractivity contribution in [2.45, 2.75) is 26.7 Å². The van der Waals surface area contributed by atoms with Crippen molar-refractivity contribution in [2.24, 2.45) is 0 Å². The molecule has 2 amide bonds. The molecule has 2 aromatic rings. The Morgan fingerprint density at radius 1 is 0.963 bits per heavy atom. The lowest BCUT2D eigenvalue weighted by Crippen LogP contribution is -2.41. The number of hydrogen-bond donors (Lipinski definition) is 2. The molecule has 6 nitrogen and oxygen atoms in total. The fraction of sp³-hybridized carbons (Fsp3) is 0.250. The van der Waals surface area contributed by atoms with Crippen molar-refractivity contribution < 1.29 is 19.1 Å². The maximum absolute atomic E-state index is 12.3. The second-order valence-corrected chi connectivity index (χ2v) is 6.52. The molecule has 0 radical (unpaired) electrons. The molecule has 0 bridgehead atoms. The van der Waals surface area contributed by atoms with E-state index in [0.717, 1.165) is 11.1 Å². The molecule has 0 fully saturated rings. The van der Waals surface area contributed by atoms with Crippen LogP contribution in [0, 0.1) is 13.8 Å². The Morgan fingerprint density at radius 3 is 2.41 bits per heavy atom. The molecule has 0 aliphatic rings. The Morgan fingerprint density at radius 2 is 1.70 bits per heavy atom. The van der Waals surface area contributed by atoms with E-state index >= 15 is 0 Å². The van der Waals surface area contributed by atoms with Crippen LogP contribution in [-0.4, -0.2) is 24.7 Å². The molecule has 2 aromatic carbocycles. The van der Waals surface area contributed by atoms with Crippen molar-refractivity contribution in [2.75, 3.05) is 7.11 Å². The molecule has 0 spiro atoms. The third-order valence-electron chi connectivity index (χ3n) is 4.00.